The lowest BCUT2D eigenvalue weighted by Gasteiger charge is -2.08. The summed E-state index contributed by atoms with van der Waals surface area (Å²) in [4.78, 5) is 23.8. The van der Waals surface area contributed by atoms with Gasteiger partial charge in [-0.1, -0.05) is 33.3 Å². The number of esters is 2. The van der Waals surface area contributed by atoms with Gasteiger partial charge in [0.1, 0.15) is 0 Å². The third-order valence-corrected chi connectivity index (χ3v) is 3.22. The number of carbonyl (C=O) groups is 2. The van der Waals surface area contributed by atoms with Crippen LogP contribution in [0.15, 0.2) is 24.3 Å². The van der Waals surface area contributed by atoms with Crippen molar-refractivity contribution < 1.29 is 19.1 Å². The molecule has 0 bridgehead atoms. The van der Waals surface area contributed by atoms with Gasteiger partial charge in [0.15, 0.2) is 0 Å². The molecule has 4 nitrogen and oxygen atoms in total. The fraction of sp³-hybridized carbons (Fsp3) is 0.556. The molecule has 0 aromatic heterocycles. The largest absolute Gasteiger partial charge is 0.462 e. The highest BCUT2D eigenvalue weighted by atomic mass is 16.5. The minimum Gasteiger partial charge on any atom is -0.462 e. The Bertz CT molecular complexity index is 480. The second kappa shape index (κ2) is 9.98. The van der Waals surface area contributed by atoms with E-state index in [1.54, 1.807) is 18.2 Å². The molecule has 0 aliphatic carbocycles. The van der Waals surface area contributed by atoms with E-state index in [0.717, 1.165) is 25.7 Å². The molecule has 0 aliphatic heterocycles. The van der Waals surface area contributed by atoms with Crippen LogP contribution in [0.3, 0.4) is 0 Å². The van der Waals surface area contributed by atoms with Gasteiger partial charge in [-0.2, -0.15) is 0 Å². The third kappa shape index (κ3) is 6.74. The number of hydrogen-bond donors (Lipinski definition) is 0. The molecule has 0 atom stereocenters. The van der Waals surface area contributed by atoms with Gasteiger partial charge in [-0.3, -0.25) is 0 Å². The molecule has 122 valence electrons. The Labute approximate surface area is 132 Å². The minimum absolute atomic E-state index is 0.382. The average Bonchev–Trinajstić information content (AvgIpc) is 2.51. The van der Waals surface area contributed by atoms with E-state index in [4.69, 9.17) is 9.47 Å². The summed E-state index contributed by atoms with van der Waals surface area (Å²) in [5.41, 5.74) is 0.766. The van der Waals surface area contributed by atoms with Gasteiger partial charge in [-0.25, -0.2) is 9.59 Å². The Balaban J connectivity index is 2.52. The maximum absolute atomic E-state index is 12.0. The zero-order valence-electron chi connectivity index (χ0n) is 13.8. The number of ether oxygens (including phenoxy) is 2. The van der Waals surface area contributed by atoms with Gasteiger partial charge in [0, 0.05) is 0 Å². The normalized spacial score (nSPS) is 10.5. The Hall–Kier alpha value is -1.84. The van der Waals surface area contributed by atoms with E-state index >= 15 is 0 Å². The van der Waals surface area contributed by atoms with E-state index in [0.29, 0.717) is 30.3 Å². The predicted molar refractivity (Wildman–Crippen MR) is 86.0 cm³/mol. The van der Waals surface area contributed by atoms with E-state index < -0.39 is 11.9 Å². The van der Waals surface area contributed by atoms with Crippen molar-refractivity contribution >= 4 is 11.9 Å². The fourth-order valence-corrected chi connectivity index (χ4v) is 1.91. The van der Waals surface area contributed by atoms with Crippen LogP contribution in [-0.2, 0) is 9.47 Å². The number of hydrogen-bond acceptors (Lipinski definition) is 4. The molecular formula is C18H26O4. The second-order valence-electron chi connectivity index (χ2n) is 5.74. The van der Waals surface area contributed by atoms with Crippen molar-refractivity contribution in [2.24, 2.45) is 5.92 Å². The molecule has 0 aliphatic rings. The highest BCUT2D eigenvalue weighted by Gasteiger charge is 2.12. The topological polar surface area (TPSA) is 52.6 Å². The number of carbonyl (C=O) groups excluding carboxylic acids is 2. The molecule has 0 amide bonds. The molecule has 0 saturated heterocycles. The first-order chi connectivity index (χ1) is 10.5. The number of rotatable bonds is 9. The first-order valence-corrected chi connectivity index (χ1v) is 7.99. The van der Waals surface area contributed by atoms with Crippen molar-refractivity contribution in [1.29, 1.82) is 0 Å². The second-order valence-corrected chi connectivity index (χ2v) is 5.74. The molecule has 0 spiro atoms. The first-order valence-electron chi connectivity index (χ1n) is 7.99. The molecule has 0 saturated carbocycles. The Morgan fingerprint density at radius 2 is 1.55 bits per heavy atom. The predicted octanol–water partition coefficient (Wildman–Crippen LogP) is 4.24. The van der Waals surface area contributed by atoms with Crippen molar-refractivity contribution in [2.45, 2.75) is 46.5 Å². The first kappa shape index (κ1) is 18.2. The lowest BCUT2D eigenvalue weighted by Crippen LogP contribution is -2.10. The van der Waals surface area contributed by atoms with Gasteiger partial charge in [0.2, 0.25) is 0 Å². The molecule has 0 N–H and O–H groups in total. The van der Waals surface area contributed by atoms with Crippen molar-refractivity contribution in [3.05, 3.63) is 35.4 Å². The summed E-state index contributed by atoms with van der Waals surface area (Å²) in [6.07, 6.45) is 3.68. The van der Waals surface area contributed by atoms with Gasteiger partial charge in [-0.05, 0) is 43.4 Å². The quantitative estimate of drug-likeness (QED) is 0.506. The highest BCUT2D eigenvalue weighted by Crippen LogP contribution is 2.10. The molecule has 1 rings (SSSR count). The van der Waals surface area contributed by atoms with E-state index in [2.05, 4.69) is 13.8 Å². The van der Waals surface area contributed by atoms with Crippen LogP contribution in [0.25, 0.3) is 0 Å². The molecule has 22 heavy (non-hydrogen) atoms. The van der Waals surface area contributed by atoms with Gasteiger partial charge < -0.3 is 9.47 Å². The van der Waals surface area contributed by atoms with Crippen LogP contribution in [0.4, 0.5) is 0 Å². The van der Waals surface area contributed by atoms with Gasteiger partial charge in [0.25, 0.3) is 0 Å². The maximum atomic E-state index is 12.0. The van der Waals surface area contributed by atoms with Crippen molar-refractivity contribution in [2.75, 3.05) is 13.2 Å². The summed E-state index contributed by atoms with van der Waals surface area (Å²) < 4.78 is 10.4. The monoisotopic (exact) mass is 306 g/mol. The zero-order chi connectivity index (χ0) is 16.4. The summed E-state index contributed by atoms with van der Waals surface area (Å²) >= 11 is 0. The van der Waals surface area contributed by atoms with Gasteiger partial charge in [0.05, 0.1) is 24.3 Å². The van der Waals surface area contributed by atoms with Gasteiger partial charge in [-0.15, -0.1) is 0 Å². The Morgan fingerprint density at radius 1 is 1.00 bits per heavy atom. The van der Waals surface area contributed by atoms with E-state index in [9.17, 15) is 9.59 Å². The van der Waals surface area contributed by atoms with Crippen LogP contribution in [0.2, 0.25) is 0 Å². The number of unbranched alkanes of at least 4 members (excludes halogenated alkanes) is 1. The van der Waals surface area contributed by atoms with Crippen LogP contribution in [-0.4, -0.2) is 25.2 Å². The van der Waals surface area contributed by atoms with Crippen molar-refractivity contribution in [3.63, 3.8) is 0 Å². The molecule has 1 aromatic carbocycles. The van der Waals surface area contributed by atoms with Crippen LogP contribution < -0.4 is 0 Å². The summed E-state index contributed by atoms with van der Waals surface area (Å²) in [5, 5.41) is 0. The van der Waals surface area contributed by atoms with Crippen LogP contribution in [0.1, 0.15) is 67.2 Å². The summed E-state index contributed by atoms with van der Waals surface area (Å²) in [6, 6.07) is 6.48. The summed E-state index contributed by atoms with van der Waals surface area (Å²) in [7, 11) is 0. The van der Waals surface area contributed by atoms with Crippen LogP contribution in [0.5, 0.6) is 0 Å². The lowest BCUT2D eigenvalue weighted by atomic mass is 10.1. The lowest BCUT2D eigenvalue weighted by molar-refractivity contribution is 0.0494. The van der Waals surface area contributed by atoms with Crippen LogP contribution in [0, 0.1) is 5.92 Å². The Morgan fingerprint density at radius 3 is 2.05 bits per heavy atom. The van der Waals surface area contributed by atoms with Crippen LogP contribution >= 0.6 is 0 Å². The average molecular weight is 306 g/mol. The van der Waals surface area contributed by atoms with E-state index in [1.807, 2.05) is 6.92 Å². The zero-order valence-corrected chi connectivity index (χ0v) is 13.8. The molecule has 0 unspecified atom stereocenters. The fourth-order valence-electron chi connectivity index (χ4n) is 1.91. The standard InChI is InChI=1S/C18H26O4/c1-4-5-11-21-17(19)15-9-6-10-16(13-15)18(20)22-12-7-8-14(2)3/h6,9-10,13-14H,4-5,7-8,11-12H2,1-3H3. The third-order valence-electron chi connectivity index (χ3n) is 3.22. The molecule has 1 aromatic rings. The molecule has 0 fully saturated rings. The molecular weight excluding hydrogens is 280 g/mol. The SMILES string of the molecule is CCCCOC(=O)c1cccc(C(=O)OCCCC(C)C)c1. The van der Waals surface area contributed by atoms with Crippen molar-refractivity contribution in [3.8, 4) is 0 Å². The minimum atomic E-state index is -0.400. The highest BCUT2D eigenvalue weighted by molar-refractivity contribution is 5.95. The maximum Gasteiger partial charge on any atom is 0.338 e. The summed E-state index contributed by atoms with van der Waals surface area (Å²) in [6.45, 7) is 7.11. The van der Waals surface area contributed by atoms with E-state index in [1.165, 1.54) is 6.07 Å². The molecule has 0 radical (unpaired) electrons. The van der Waals surface area contributed by atoms with Gasteiger partial charge >= 0.3 is 11.9 Å². The van der Waals surface area contributed by atoms with E-state index in [-0.39, 0.29) is 0 Å². The molecule has 4 heteroatoms. The smallest absolute Gasteiger partial charge is 0.338 e. The Kier molecular flexibility index (Phi) is 8.26. The van der Waals surface area contributed by atoms with Crippen molar-refractivity contribution in [1.82, 2.24) is 0 Å². The summed E-state index contributed by atoms with van der Waals surface area (Å²) in [5.74, 6) is -0.199. The number of benzene rings is 1. The molecule has 0 heterocycles.